The molecule has 4 heteroatoms. The summed E-state index contributed by atoms with van der Waals surface area (Å²) in [4.78, 5) is 15.3. The molecule has 0 amide bonds. The van der Waals surface area contributed by atoms with E-state index < -0.39 is 5.97 Å². The fraction of sp³-hybridized carbons (Fsp3) is 0.636. The number of rotatable bonds is 2. The van der Waals surface area contributed by atoms with Gasteiger partial charge in [-0.1, -0.05) is 20.8 Å². The van der Waals surface area contributed by atoms with E-state index >= 15 is 0 Å². The number of oxazole rings is 1. The zero-order valence-corrected chi connectivity index (χ0v) is 9.20. The molecule has 1 heterocycles. The number of carboxylic acid groups (broad SMARTS) is 1. The highest BCUT2D eigenvalue weighted by atomic mass is 16.4. The molecule has 82 valence electrons. The highest BCUT2D eigenvalue weighted by molar-refractivity contribution is 5.86. The van der Waals surface area contributed by atoms with Crippen molar-refractivity contribution in [2.24, 2.45) is 0 Å². The van der Waals surface area contributed by atoms with E-state index in [0.717, 1.165) is 12.8 Å². The zero-order chi connectivity index (χ0) is 11.2. The van der Waals surface area contributed by atoms with Crippen LogP contribution in [0.15, 0.2) is 4.42 Å². The summed E-state index contributed by atoms with van der Waals surface area (Å²) in [5.74, 6) is -0.0831. The summed E-state index contributed by atoms with van der Waals surface area (Å²) in [7, 11) is 0. The number of aromatic nitrogens is 1. The molecule has 1 fully saturated rings. The molecule has 0 atom stereocenters. The summed E-state index contributed by atoms with van der Waals surface area (Å²) in [6.07, 6.45) is 2.12. The largest absolute Gasteiger partial charge is 0.475 e. The summed E-state index contributed by atoms with van der Waals surface area (Å²) in [5, 5.41) is 9.01. The number of hydrogen-bond acceptors (Lipinski definition) is 3. The standard InChI is InChI=1S/C11H15NO3/c1-11(2,3)8-7(10(13)14)15-9(12-8)6-4-5-6/h6H,4-5H2,1-3H3,(H,13,14). The normalized spacial score (nSPS) is 16.7. The van der Waals surface area contributed by atoms with Crippen molar-refractivity contribution in [1.82, 2.24) is 4.98 Å². The monoisotopic (exact) mass is 209 g/mol. The second-order valence-corrected chi connectivity index (χ2v) is 5.06. The van der Waals surface area contributed by atoms with Crippen LogP contribution in [0.4, 0.5) is 0 Å². The zero-order valence-electron chi connectivity index (χ0n) is 9.20. The first-order valence-electron chi connectivity index (χ1n) is 5.14. The van der Waals surface area contributed by atoms with E-state index in [2.05, 4.69) is 4.98 Å². The third kappa shape index (κ3) is 1.89. The van der Waals surface area contributed by atoms with E-state index in [1.165, 1.54) is 0 Å². The highest BCUT2D eigenvalue weighted by Gasteiger charge is 2.34. The summed E-state index contributed by atoms with van der Waals surface area (Å²) in [6.45, 7) is 5.82. The fourth-order valence-electron chi connectivity index (χ4n) is 1.49. The lowest BCUT2D eigenvalue weighted by atomic mass is 9.91. The molecule has 0 radical (unpaired) electrons. The summed E-state index contributed by atoms with van der Waals surface area (Å²) in [6, 6.07) is 0. The Morgan fingerprint density at radius 3 is 2.40 bits per heavy atom. The molecule has 1 N–H and O–H groups in total. The van der Waals surface area contributed by atoms with Crippen molar-refractivity contribution < 1.29 is 14.3 Å². The molecule has 0 saturated heterocycles. The van der Waals surface area contributed by atoms with Crippen LogP contribution >= 0.6 is 0 Å². The molecule has 2 rings (SSSR count). The lowest BCUT2D eigenvalue weighted by Crippen LogP contribution is -2.16. The minimum absolute atomic E-state index is 0.00407. The van der Waals surface area contributed by atoms with Crippen molar-refractivity contribution in [1.29, 1.82) is 0 Å². The van der Waals surface area contributed by atoms with Gasteiger partial charge in [-0.15, -0.1) is 0 Å². The maximum atomic E-state index is 11.0. The van der Waals surface area contributed by atoms with E-state index in [0.29, 0.717) is 17.5 Å². The molecule has 1 aromatic rings. The predicted molar refractivity (Wildman–Crippen MR) is 54.1 cm³/mol. The van der Waals surface area contributed by atoms with Gasteiger partial charge >= 0.3 is 5.97 Å². The average Bonchev–Trinajstić information content (AvgIpc) is 2.81. The van der Waals surface area contributed by atoms with Crippen molar-refractivity contribution in [2.75, 3.05) is 0 Å². The van der Waals surface area contributed by atoms with Crippen LogP contribution in [0.3, 0.4) is 0 Å². The van der Waals surface area contributed by atoms with Gasteiger partial charge in [-0.3, -0.25) is 0 Å². The third-order valence-electron chi connectivity index (χ3n) is 2.47. The molecule has 1 aromatic heterocycles. The Labute approximate surface area is 88.3 Å². The molecule has 4 nitrogen and oxygen atoms in total. The Morgan fingerprint density at radius 1 is 1.47 bits per heavy atom. The topological polar surface area (TPSA) is 63.3 Å². The molecule has 1 aliphatic rings. The van der Waals surface area contributed by atoms with E-state index in [4.69, 9.17) is 9.52 Å². The van der Waals surface area contributed by atoms with Crippen LogP contribution in [0.5, 0.6) is 0 Å². The number of carboxylic acids is 1. The van der Waals surface area contributed by atoms with Gasteiger partial charge in [0.25, 0.3) is 0 Å². The quantitative estimate of drug-likeness (QED) is 0.813. The number of hydrogen-bond donors (Lipinski definition) is 1. The minimum Gasteiger partial charge on any atom is -0.475 e. The van der Waals surface area contributed by atoms with Gasteiger partial charge in [0.15, 0.2) is 5.89 Å². The molecule has 0 spiro atoms. The minimum atomic E-state index is -1.03. The van der Waals surface area contributed by atoms with Gasteiger partial charge < -0.3 is 9.52 Å². The molecular formula is C11H15NO3. The second-order valence-electron chi connectivity index (χ2n) is 5.06. The number of nitrogens with zero attached hydrogens (tertiary/aromatic N) is 1. The second kappa shape index (κ2) is 3.08. The third-order valence-corrected chi connectivity index (χ3v) is 2.47. The van der Waals surface area contributed by atoms with Gasteiger partial charge in [0.2, 0.25) is 5.76 Å². The lowest BCUT2D eigenvalue weighted by molar-refractivity contribution is 0.0656. The molecule has 1 aliphatic carbocycles. The first-order valence-corrected chi connectivity index (χ1v) is 5.14. The van der Waals surface area contributed by atoms with Crippen LogP contribution in [-0.2, 0) is 5.41 Å². The fourth-order valence-corrected chi connectivity index (χ4v) is 1.49. The molecule has 0 aromatic carbocycles. The molecule has 0 unspecified atom stereocenters. The van der Waals surface area contributed by atoms with Crippen LogP contribution in [0, 0.1) is 0 Å². The van der Waals surface area contributed by atoms with Crippen molar-refractivity contribution in [3.8, 4) is 0 Å². The maximum absolute atomic E-state index is 11.0. The van der Waals surface area contributed by atoms with Crippen molar-refractivity contribution >= 4 is 5.97 Å². The van der Waals surface area contributed by atoms with Gasteiger partial charge in [-0.25, -0.2) is 9.78 Å². The Hall–Kier alpha value is -1.32. The van der Waals surface area contributed by atoms with Crippen LogP contribution in [0.25, 0.3) is 0 Å². The average molecular weight is 209 g/mol. The predicted octanol–water partition coefficient (Wildman–Crippen LogP) is 2.55. The maximum Gasteiger partial charge on any atom is 0.373 e. The molecule has 0 aliphatic heterocycles. The van der Waals surface area contributed by atoms with Crippen LogP contribution in [0.2, 0.25) is 0 Å². The lowest BCUT2D eigenvalue weighted by Gasteiger charge is -2.14. The van der Waals surface area contributed by atoms with E-state index in [-0.39, 0.29) is 11.2 Å². The van der Waals surface area contributed by atoms with E-state index in [9.17, 15) is 4.79 Å². The summed E-state index contributed by atoms with van der Waals surface area (Å²) < 4.78 is 5.32. The van der Waals surface area contributed by atoms with Gasteiger partial charge in [-0.05, 0) is 12.8 Å². The molecular weight excluding hydrogens is 194 g/mol. The Balaban J connectivity index is 2.46. The van der Waals surface area contributed by atoms with Crippen LogP contribution < -0.4 is 0 Å². The Morgan fingerprint density at radius 2 is 2.07 bits per heavy atom. The van der Waals surface area contributed by atoms with Gasteiger partial charge in [0, 0.05) is 11.3 Å². The van der Waals surface area contributed by atoms with Gasteiger partial charge in [0.1, 0.15) is 0 Å². The molecule has 1 saturated carbocycles. The Bertz CT molecular complexity index is 396. The first kappa shape index (κ1) is 10.2. The van der Waals surface area contributed by atoms with Gasteiger partial charge in [0.05, 0.1) is 5.69 Å². The van der Waals surface area contributed by atoms with Crippen molar-refractivity contribution in [3.63, 3.8) is 0 Å². The number of aromatic carboxylic acids is 1. The summed E-state index contributed by atoms with van der Waals surface area (Å²) in [5.41, 5.74) is 0.265. The van der Waals surface area contributed by atoms with Crippen LogP contribution in [0.1, 0.15) is 61.7 Å². The molecule has 0 bridgehead atoms. The molecule has 15 heavy (non-hydrogen) atoms. The summed E-state index contributed by atoms with van der Waals surface area (Å²) >= 11 is 0. The van der Waals surface area contributed by atoms with Crippen molar-refractivity contribution in [2.45, 2.75) is 44.9 Å². The first-order chi connectivity index (χ1) is 6.89. The highest BCUT2D eigenvalue weighted by Crippen LogP contribution is 2.41. The van der Waals surface area contributed by atoms with Crippen molar-refractivity contribution in [3.05, 3.63) is 17.3 Å². The number of carbonyl (C=O) groups is 1. The van der Waals surface area contributed by atoms with Gasteiger partial charge in [-0.2, -0.15) is 0 Å². The van der Waals surface area contributed by atoms with Crippen LogP contribution in [-0.4, -0.2) is 16.1 Å². The van der Waals surface area contributed by atoms with E-state index in [1.807, 2.05) is 20.8 Å². The van der Waals surface area contributed by atoms with E-state index in [1.54, 1.807) is 0 Å². The smallest absolute Gasteiger partial charge is 0.373 e. The SMILES string of the molecule is CC(C)(C)c1nc(C2CC2)oc1C(=O)O. The Kier molecular flexibility index (Phi) is 2.10.